The zero-order chi connectivity index (χ0) is 17.1. The number of aryl methyl sites for hydroxylation is 2. The number of hydrogen-bond donors (Lipinski definition) is 2. The van der Waals surface area contributed by atoms with E-state index in [-0.39, 0.29) is 5.91 Å². The molecule has 0 spiro atoms. The number of benzene rings is 1. The average Bonchev–Trinajstić information content (AvgIpc) is 2.96. The molecule has 1 amide bonds. The molecular formula is C16H14ClN5O2. The van der Waals surface area contributed by atoms with Crippen LogP contribution in [0, 0.1) is 13.8 Å². The van der Waals surface area contributed by atoms with Gasteiger partial charge in [0.05, 0.1) is 5.56 Å². The second kappa shape index (κ2) is 6.67. The van der Waals surface area contributed by atoms with Gasteiger partial charge in [-0.2, -0.15) is 0 Å². The summed E-state index contributed by atoms with van der Waals surface area (Å²) in [5, 5.41) is 10.00. The summed E-state index contributed by atoms with van der Waals surface area (Å²) < 4.78 is 4.94. The molecule has 0 unspecified atom stereocenters. The van der Waals surface area contributed by atoms with Gasteiger partial charge in [-0.05, 0) is 31.5 Å². The molecule has 0 atom stereocenters. The van der Waals surface area contributed by atoms with Crippen LogP contribution >= 0.6 is 11.6 Å². The van der Waals surface area contributed by atoms with Gasteiger partial charge in [0.15, 0.2) is 5.82 Å². The third-order valence-electron chi connectivity index (χ3n) is 3.21. The maximum Gasteiger partial charge on any atom is 0.258 e. The fourth-order valence-electron chi connectivity index (χ4n) is 1.92. The molecule has 2 aromatic heterocycles. The lowest BCUT2D eigenvalue weighted by atomic mass is 10.2. The number of amides is 1. The van der Waals surface area contributed by atoms with E-state index in [9.17, 15) is 4.79 Å². The van der Waals surface area contributed by atoms with E-state index in [4.69, 9.17) is 16.1 Å². The molecule has 24 heavy (non-hydrogen) atoms. The minimum atomic E-state index is -0.321. The van der Waals surface area contributed by atoms with Gasteiger partial charge in [0.2, 0.25) is 5.95 Å². The predicted octanol–water partition coefficient (Wildman–Crippen LogP) is 3.73. The Balaban J connectivity index is 1.68. The number of carbonyl (C=O) groups excluding carboxylic acids is 1. The summed E-state index contributed by atoms with van der Waals surface area (Å²) in [5.41, 5.74) is 1.88. The highest BCUT2D eigenvalue weighted by atomic mass is 35.5. The zero-order valence-corrected chi connectivity index (χ0v) is 13.8. The molecule has 2 N–H and O–H groups in total. The molecule has 0 aliphatic carbocycles. The van der Waals surface area contributed by atoms with Crippen molar-refractivity contribution >= 4 is 35.0 Å². The van der Waals surface area contributed by atoms with Crippen molar-refractivity contribution in [1.29, 1.82) is 0 Å². The first kappa shape index (κ1) is 15.9. The number of anilines is 3. The minimum absolute atomic E-state index is 0.318. The molecule has 2 heterocycles. The van der Waals surface area contributed by atoms with E-state index in [1.54, 1.807) is 25.1 Å². The molecule has 8 heteroatoms. The lowest BCUT2D eigenvalue weighted by Crippen LogP contribution is -2.13. The number of nitrogens with zero attached hydrogens (tertiary/aromatic N) is 3. The van der Waals surface area contributed by atoms with Crippen molar-refractivity contribution in [3.8, 4) is 0 Å². The second-order valence-corrected chi connectivity index (χ2v) is 5.57. The highest BCUT2D eigenvalue weighted by molar-refractivity contribution is 6.31. The Hall–Kier alpha value is -2.93. The predicted molar refractivity (Wildman–Crippen MR) is 90.7 cm³/mol. The third kappa shape index (κ3) is 3.69. The van der Waals surface area contributed by atoms with Crippen molar-refractivity contribution in [3.63, 3.8) is 0 Å². The fraction of sp³-hybridized carbons (Fsp3) is 0.125. The van der Waals surface area contributed by atoms with Gasteiger partial charge >= 0.3 is 0 Å². The number of aromatic nitrogens is 3. The molecular weight excluding hydrogens is 330 g/mol. The van der Waals surface area contributed by atoms with Crippen LogP contribution in [0.5, 0.6) is 0 Å². The molecule has 3 rings (SSSR count). The zero-order valence-electron chi connectivity index (χ0n) is 13.0. The van der Waals surface area contributed by atoms with Gasteiger partial charge in [0.25, 0.3) is 5.91 Å². The van der Waals surface area contributed by atoms with E-state index < -0.39 is 0 Å². The molecule has 0 bridgehead atoms. The summed E-state index contributed by atoms with van der Waals surface area (Å²) >= 11 is 6.04. The van der Waals surface area contributed by atoms with Crippen LogP contribution in [0.25, 0.3) is 0 Å². The maximum absolute atomic E-state index is 12.2. The van der Waals surface area contributed by atoms with Crippen molar-refractivity contribution in [3.05, 3.63) is 58.6 Å². The Morgan fingerprint density at radius 3 is 2.54 bits per heavy atom. The van der Waals surface area contributed by atoms with Gasteiger partial charge in [0.1, 0.15) is 5.76 Å². The second-order valence-electron chi connectivity index (χ2n) is 5.16. The van der Waals surface area contributed by atoms with Crippen LogP contribution in [0.3, 0.4) is 0 Å². The van der Waals surface area contributed by atoms with E-state index in [2.05, 4.69) is 25.8 Å². The van der Waals surface area contributed by atoms with Gasteiger partial charge in [-0.25, -0.2) is 9.97 Å². The van der Waals surface area contributed by atoms with Crippen LogP contribution in [-0.4, -0.2) is 21.0 Å². The Kier molecular flexibility index (Phi) is 4.43. The molecule has 7 nitrogen and oxygen atoms in total. The SMILES string of the molecule is Cc1cc(Nc2ncc(C(=O)Nc3ccc(C)c(Cl)c3)cn2)no1. The Bertz CT molecular complexity index is 876. The van der Waals surface area contributed by atoms with E-state index in [0.717, 1.165) is 5.56 Å². The third-order valence-corrected chi connectivity index (χ3v) is 3.62. The summed E-state index contributed by atoms with van der Waals surface area (Å²) in [7, 11) is 0. The molecule has 122 valence electrons. The highest BCUT2D eigenvalue weighted by Crippen LogP contribution is 2.20. The first-order chi connectivity index (χ1) is 11.5. The number of hydrogen-bond acceptors (Lipinski definition) is 6. The Labute approximate surface area is 143 Å². The van der Waals surface area contributed by atoms with Crippen LogP contribution in [0.1, 0.15) is 21.7 Å². The summed E-state index contributed by atoms with van der Waals surface area (Å²) in [6.07, 6.45) is 2.85. The van der Waals surface area contributed by atoms with E-state index >= 15 is 0 Å². The quantitative estimate of drug-likeness (QED) is 0.749. The molecule has 0 radical (unpaired) electrons. The van der Waals surface area contributed by atoms with Crippen LogP contribution in [0.4, 0.5) is 17.5 Å². The summed E-state index contributed by atoms with van der Waals surface area (Å²) in [5.74, 6) is 1.17. The van der Waals surface area contributed by atoms with Crippen LogP contribution in [-0.2, 0) is 0 Å². The standard InChI is InChI=1S/C16H14ClN5O2/c1-9-3-4-12(6-13(9)17)20-15(23)11-7-18-16(19-8-11)21-14-5-10(2)24-22-14/h3-8H,1-2H3,(H,20,23)(H,18,19,21,22). The minimum Gasteiger partial charge on any atom is -0.360 e. The number of nitrogens with one attached hydrogen (secondary N) is 2. The van der Waals surface area contributed by atoms with Gasteiger partial charge in [-0.15, -0.1) is 0 Å². The largest absolute Gasteiger partial charge is 0.360 e. The number of rotatable bonds is 4. The van der Waals surface area contributed by atoms with Crippen LogP contribution in [0.2, 0.25) is 5.02 Å². The summed E-state index contributed by atoms with van der Waals surface area (Å²) in [4.78, 5) is 20.4. The van der Waals surface area contributed by atoms with Gasteiger partial charge in [-0.1, -0.05) is 22.8 Å². The van der Waals surface area contributed by atoms with E-state index in [1.165, 1.54) is 12.4 Å². The van der Waals surface area contributed by atoms with Gasteiger partial charge < -0.3 is 15.2 Å². The van der Waals surface area contributed by atoms with Gasteiger partial charge in [0, 0.05) is 29.2 Å². The highest BCUT2D eigenvalue weighted by Gasteiger charge is 2.09. The Morgan fingerprint density at radius 2 is 1.92 bits per heavy atom. The first-order valence-corrected chi connectivity index (χ1v) is 7.49. The molecule has 0 aliphatic rings. The van der Waals surface area contributed by atoms with Crippen molar-refractivity contribution < 1.29 is 9.32 Å². The number of carbonyl (C=O) groups is 1. The van der Waals surface area contributed by atoms with Crippen molar-refractivity contribution in [2.45, 2.75) is 13.8 Å². The number of halogens is 1. The molecule has 0 aliphatic heterocycles. The van der Waals surface area contributed by atoms with Crippen molar-refractivity contribution in [2.75, 3.05) is 10.6 Å². The van der Waals surface area contributed by atoms with Crippen molar-refractivity contribution in [2.24, 2.45) is 0 Å². The molecule has 1 aromatic carbocycles. The normalized spacial score (nSPS) is 10.5. The fourth-order valence-corrected chi connectivity index (χ4v) is 2.10. The van der Waals surface area contributed by atoms with E-state index in [1.807, 2.05) is 13.0 Å². The van der Waals surface area contributed by atoms with Crippen LogP contribution in [0.15, 0.2) is 41.2 Å². The summed E-state index contributed by atoms with van der Waals surface area (Å²) in [6.45, 7) is 3.67. The summed E-state index contributed by atoms with van der Waals surface area (Å²) in [6, 6.07) is 7.02. The van der Waals surface area contributed by atoms with Crippen LogP contribution < -0.4 is 10.6 Å². The molecule has 3 aromatic rings. The smallest absolute Gasteiger partial charge is 0.258 e. The lowest BCUT2D eigenvalue weighted by Gasteiger charge is -2.07. The van der Waals surface area contributed by atoms with Crippen molar-refractivity contribution in [1.82, 2.24) is 15.1 Å². The Morgan fingerprint density at radius 1 is 1.17 bits per heavy atom. The topological polar surface area (TPSA) is 92.9 Å². The molecule has 0 saturated heterocycles. The average molecular weight is 344 g/mol. The lowest BCUT2D eigenvalue weighted by molar-refractivity contribution is 0.102. The first-order valence-electron chi connectivity index (χ1n) is 7.11. The van der Waals surface area contributed by atoms with E-state index in [0.29, 0.717) is 33.8 Å². The monoisotopic (exact) mass is 343 g/mol. The molecule has 0 saturated carbocycles. The molecule has 0 fully saturated rings. The van der Waals surface area contributed by atoms with Gasteiger partial charge in [-0.3, -0.25) is 4.79 Å². The maximum atomic E-state index is 12.2.